The fraction of sp³-hybridized carbons (Fsp3) is 0.600. The van der Waals surface area contributed by atoms with Crippen molar-refractivity contribution in [3.8, 4) is 0 Å². The summed E-state index contributed by atoms with van der Waals surface area (Å²) in [6.07, 6.45) is 2.38. The van der Waals surface area contributed by atoms with Crippen LogP contribution in [0.25, 0.3) is 0 Å². The van der Waals surface area contributed by atoms with E-state index in [0.29, 0.717) is 19.4 Å². The third-order valence-corrected chi connectivity index (χ3v) is 5.05. The molecule has 0 bridgehead atoms. The van der Waals surface area contributed by atoms with Gasteiger partial charge in [-0.05, 0) is 25.8 Å². The van der Waals surface area contributed by atoms with Gasteiger partial charge >= 0.3 is 5.97 Å². The molecule has 1 aromatic heterocycles. The van der Waals surface area contributed by atoms with Gasteiger partial charge in [0.2, 0.25) is 0 Å². The molecule has 2 rings (SSSR count). The molecule has 1 fully saturated rings. The first-order chi connectivity index (χ1) is 8.36. The van der Waals surface area contributed by atoms with Gasteiger partial charge in [0.25, 0.3) is 10.0 Å². The van der Waals surface area contributed by atoms with Crippen molar-refractivity contribution in [3.63, 3.8) is 0 Å². The highest BCUT2D eigenvalue weighted by atomic mass is 32.2. The number of aromatic nitrogens is 2. The Balaban J connectivity index is 2.27. The number of carbonyl (C=O) groups is 1. The lowest BCUT2D eigenvalue weighted by Gasteiger charge is -2.36. The number of carboxylic acid groups (broad SMARTS) is 1. The highest BCUT2D eigenvalue weighted by Gasteiger charge is 2.42. The van der Waals surface area contributed by atoms with E-state index in [1.807, 2.05) is 0 Å². The lowest BCUT2D eigenvalue weighted by molar-refractivity contribution is -0.150. The number of rotatable bonds is 3. The Kier molecular flexibility index (Phi) is 3.16. The summed E-state index contributed by atoms with van der Waals surface area (Å²) in [7, 11) is -3.67. The maximum atomic E-state index is 12.2. The fourth-order valence-corrected chi connectivity index (χ4v) is 3.60. The summed E-state index contributed by atoms with van der Waals surface area (Å²) in [5.74, 6) is -0.966. The number of hydrogen-bond donors (Lipinski definition) is 2. The molecule has 8 heteroatoms. The molecule has 18 heavy (non-hydrogen) atoms. The van der Waals surface area contributed by atoms with Gasteiger partial charge in [0.15, 0.2) is 5.03 Å². The lowest BCUT2D eigenvalue weighted by atomic mass is 9.83. The van der Waals surface area contributed by atoms with E-state index in [-0.39, 0.29) is 11.6 Å². The molecule has 1 unspecified atom stereocenters. The third-order valence-electron chi connectivity index (χ3n) is 3.27. The van der Waals surface area contributed by atoms with Crippen molar-refractivity contribution < 1.29 is 18.3 Å². The summed E-state index contributed by atoms with van der Waals surface area (Å²) in [5, 5.41) is 15.2. The van der Waals surface area contributed by atoms with Crippen LogP contribution in [-0.4, -0.2) is 47.1 Å². The SMILES string of the molecule is CC1(C(=O)O)CCCN(S(=O)(=O)c2ccn[nH]2)C1. The molecule has 7 nitrogen and oxygen atoms in total. The number of aliphatic carboxylic acids is 1. The quantitative estimate of drug-likeness (QED) is 0.823. The van der Waals surface area contributed by atoms with Crippen LogP contribution in [0.1, 0.15) is 19.8 Å². The molecule has 1 saturated heterocycles. The largest absolute Gasteiger partial charge is 0.481 e. The summed E-state index contributed by atoms with van der Waals surface area (Å²) in [5.41, 5.74) is -1.02. The summed E-state index contributed by atoms with van der Waals surface area (Å²) >= 11 is 0. The lowest BCUT2D eigenvalue weighted by Crippen LogP contribution is -2.48. The van der Waals surface area contributed by atoms with Crippen molar-refractivity contribution in [1.82, 2.24) is 14.5 Å². The van der Waals surface area contributed by atoms with Crippen LogP contribution >= 0.6 is 0 Å². The van der Waals surface area contributed by atoms with Crippen LogP contribution in [0.4, 0.5) is 0 Å². The highest BCUT2D eigenvalue weighted by Crippen LogP contribution is 2.32. The maximum Gasteiger partial charge on any atom is 0.310 e. The number of sulfonamides is 1. The molecule has 100 valence electrons. The van der Waals surface area contributed by atoms with Gasteiger partial charge in [-0.25, -0.2) is 8.42 Å². The molecular formula is C10H15N3O4S. The van der Waals surface area contributed by atoms with E-state index in [2.05, 4.69) is 10.2 Å². The first kappa shape index (κ1) is 13.0. The zero-order valence-electron chi connectivity index (χ0n) is 9.96. The molecule has 0 spiro atoms. The molecule has 0 amide bonds. The van der Waals surface area contributed by atoms with Crippen LogP contribution in [0, 0.1) is 5.41 Å². The summed E-state index contributed by atoms with van der Waals surface area (Å²) in [4.78, 5) is 11.2. The van der Waals surface area contributed by atoms with Gasteiger partial charge in [-0.3, -0.25) is 9.89 Å². The second-order valence-corrected chi connectivity index (χ2v) is 6.64. The van der Waals surface area contributed by atoms with E-state index in [0.717, 1.165) is 0 Å². The zero-order valence-corrected chi connectivity index (χ0v) is 10.8. The van der Waals surface area contributed by atoms with E-state index in [4.69, 9.17) is 5.11 Å². The molecule has 0 aromatic carbocycles. The highest BCUT2D eigenvalue weighted by molar-refractivity contribution is 7.89. The predicted molar refractivity (Wildman–Crippen MR) is 62.3 cm³/mol. The molecule has 2 heterocycles. The third kappa shape index (κ3) is 2.13. The van der Waals surface area contributed by atoms with Crippen molar-refractivity contribution in [2.75, 3.05) is 13.1 Å². The minimum Gasteiger partial charge on any atom is -0.481 e. The second kappa shape index (κ2) is 4.36. The Hall–Kier alpha value is -1.41. The number of aromatic amines is 1. The number of nitrogens with one attached hydrogen (secondary N) is 1. The number of hydrogen-bond acceptors (Lipinski definition) is 4. The van der Waals surface area contributed by atoms with E-state index in [1.165, 1.54) is 16.6 Å². The number of carboxylic acids is 1. The van der Waals surface area contributed by atoms with E-state index >= 15 is 0 Å². The normalized spacial score (nSPS) is 26.1. The molecule has 0 radical (unpaired) electrons. The predicted octanol–water partition coefficient (Wildman–Crippen LogP) is 0.285. The summed E-state index contributed by atoms with van der Waals surface area (Å²) < 4.78 is 25.6. The van der Waals surface area contributed by atoms with Crippen LogP contribution in [0.3, 0.4) is 0 Å². The standard InChI is InChI=1S/C10H15N3O4S/c1-10(9(14)15)4-2-6-13(7-10)18(16,17)8-3-5-11-12-8/h3,5H,2,4,6-7H2,1H3,(H,11,12)(H,14,15). The van der Waals surface area contributed by atoms with Crippen LogP contribution < -0.4 is 0 Å². The minimum atomic E-state index is -3.67. The van der Waals surface area contributed by atoms with Crippen LogP contribution in [0.5, 0.6) is 0 Å². The fourth-order valence-electron chi connectivity index (χ4n) is 2.10. The number of H-pyrrole nitrogens is 1. The Morgan fingerprint density at radius 2 is 2.33 bits per heavy atom. The Morgan fingerprint density at radius 3 is 2.89 bits per heavy atom. The Labute approximate surface area is 105 Å². The Bertz CT molecular complexity index is 539. The molecule has 1 atom stereocenters. The minimum absolute atomic E-state index is 0.00265. The molecular weight excluding hydrogens is 258 g/mol. The van der Waals surface area contributed by atoms with Crippen molar-refractivity contribution >= 4 is 16.0 Å². The van der Waals surface area contributed by atoms with Gasteiger partial charge in [0, 0.05) is 13.1 Å². The molecule has 0 aliphatic carbocycles. The molecule has 1 aliphatic rings. The number of piperidine rings is 1. The average Bonchev–Trinajstić information content (AvgIpc) is 2.83. The van der Waals surface area contributed by atoms with Crippen molar-refractivity contribution in [3.05, 3.63) is 12.3 Å². The van der Waals surface area contributed by atoms with Crippen LogP contribution in [-0.2, 0) is 14.8 Å². The maximum absolute atomic E-state index is 12.2. The van der Waals surface area contributed by atoms with Gasteiger partial charge in [-0.2, -0.15) is 9.40 Å². The van der Waals surface area contributed by atoms with Gasteiger partial charge in [-0.1, -0.05) is 0 Å². The van der Waals surface area contributed by atoms with Crippen molar-refractivity contribution in [2.24, 2.45) is 5.41 Å². The zero-order chi connectivity index (χ0) is 13.4. The molecule has 1 aliphatic heterocycles. The summed E-state index contributed by atoms with van der Waals surface area (Å²) in [6.45, 7) is 1.90. The number of nitrogens with zero attached hydrogens (tertiary/aromatic N) is 2. The average molecular weight is 273 g/mol. The van der Waals surface area contributed by atoms with Gasteiger partial charge in [-0.15, -0.1) is 0 Å². The van der Waals surface area contributed by atoms with Crippen LogP contribution in [0.2, 0.25) is 0 Å². The van der Waals surface area contributed by atoms with E-state index < -0.39 is 21.4 Å². The second-order valence-electron chi connectivity index (χ2n) is 4.73. The van der Waals surface area contributed by atoms with E-state index in [9.17, 15) is 13.2 Å². The molecule has 1 aromatic rings. The van der Waals surface area contributed by atoms with Crippen molar-refractivity contribution in [1.29, 1.82) is 0 Å². The van der Waals surface area contributed by atoms with Gasteiger partial charge in [0.1, 0.15) is 0 Å². The van der Waals surface area contributed by atoms with Crippen molar-refractivity contribution in [2.45, 2.75) is 24.8 Å². The summed E-state index contributed by atoms with van der Waals surface area (Å²) in [6, 6.07) is 1.36. The van der Waals surface area contributed by atoms with Gasteiger partial charge in [0.05, 0.1) is 11.6 Å². The smallest absolute Gasteiger partial charge is 0.310 e. The van der Waals surface area contributed by atoms with Crippen LogP contribution in [0.15, 0.2) is 17.3 Å². The topological polar surface area (TPSA) is 103 Å². The molecule has 0 saturated carbocycles. The first-order valence-electron chi connectivity index (χ1n) is 5.59. The molecule has 2 N–H and O–H groups in total. The van der Waals surface area contributed by atoms with E-state index in [1.54, 1.807) is 6.92 Å². The first-order valence-corrected chi connectivity index (χ1v) is 7.03. The van der Waals surface area contributed by atoms with Gasteiger partial charge < -0.3 is 5.11 Å². The Morgan fingerprint density at radius 1 is 1.61 bits per heavy atom. The monoisotopic (exact) mass is 273 g/mol.